The third kappa shape index (κ3) is 4.70. The van der Waals surface area contributed by atoms with E-state index < -0.39 is 0 Å². The Labute approximate surface area is 167 Å². The van der Waals surface area contributed by atoms with Crippen LogP contribution in [-0.4, -0.2) is 39.5 Å². The lowest BCUT2D eigenvalue weighted by Crippen LogP contribution is -2.21. The molecule has 0 aliphatic carbocycles. The van der Waals surface area contributed by atoms with E-state index in [-0.39, 0.29) is 11.7 Å². The highest BCUT2D eigenvalue weighted by Gasteiger charge is 2.13. The summed E-state index contributed by atoms with van der Waals surface area (Å²) in [6, 6.07) is 11.9. The van der Waals surface area contributed by atoms with Crippen LogP contribution in [0.15, 0.2) is 46.9 Å². The van der Waals surface area contributed by atoms with Crippen LogP contribution in [0.1, 0.15) is 13.8 Å². The predicted molar refractivity (Wildman–Crippen MR) is 114 cm³/mol. The number of amides is 1. The van der Waals surface area contributed by atoms with Crippen LogP contribution in [0.4, 0.5) is 11.4 Å². The first-order valence-corrected chi connectivity index (χ1v) is 10.7. The van der Waals surface area contributed by atoms with E-state index >= 15 is 0 Å². The molecule has 2 heterocycles. The number of aromatic nitrogens is 3. The first kappa shape index (κ1) is 19.4. The molecule has 6 nitrogen and oxygen atoms in total. The molecule has 8 heteroatoms. The molecule has 0 saturated heterocycles. The zero-order chi connectivity index (χ0) is 19.2. The second-order valence-corrected chi connectivity index (χ2v) is 7.79. The number of anilines is 2. The molecule has 0 spiro atoms. The smallest absolute Gasteiger partial charge is 0.234 e. The van der Waals surface area contributed by atoms with Crippen LogP contribution in [0.25, 0.3) is 10.7 Å². The van der Waals surface area contributed by atoms with E-state index in [1.165, 1.54) is 11.8 Å². The van der Waals surface area contributed by atoms with Gasteiger partial charge in [0.15, 0.2) is 11.0 Å². The van der Waals surface area contributed by atoms with E-state index in [1.54, 1.807) is 11.3 Å². The first-order chi connectivity index (χ1) is 13.1. The van der Waals surface area contributed by atoms with Gasteiger partial charge in [0.2, 0.25) is 5.91 Å². The highest BCUT2D eigenvalue weighted by molar-refractivity contribution is 7.99. The molecule has 0 unspecified atom stereocenters. The van der Waals surface area contributed by atoms with E-state index in [9.17, 15) is 4.79 Å². The van der Waals surface area contributed by atoms with Crippen LogP contribution in [0.3, 0.4) is 0 Å². The van der Waals surface area contributed by atoms with Crippen LogP contribution in [0, 0.1) is 0 Å². The van der Waals surface area contributed by atoms with Crippen molar-refractivity contribution in [1.29, 1.82) is 0 Å². The van der Waals surface area contributed by atoms with Crippen molar-refractivity contribution in [2.75, 3.05) is 29.1 Å². The number of carbonyl (C=O) groups is 1. The van der Waals surface area contributed by atoms with Gasteiger partial charge in [-0.15, -0.1) is 21.5 Å². The number of benzene rings is 1. The van der Waals surface area contributed by atoms with Crippen LogP contribution >= 0.6 is 23.1 Å². The average Bonchev–Trinajstić information content (AvgIpc) is 3.32. The molecule has 0 radical (unpaired) electrons. The van der Waals surface area contributed by atoms with Crippen LogP contribution in [-0.2, 0) is 11.8 Å². The van der Waals surface area contributed by atoms with Crippen molar-refractivity contribution in [3.63, 3.8) is 0 Å². The Morgan fingerprint density at radius 3 is 2.56 bits per heavy atom. The van der Waals surface area contributed by atoms with Crippen molar-refractivity contribution in [2.24, 2.45) is 7.05 Å². The lowest BCUT2D eigenvalue weighted by Gasteiger charge is -2.21. The summed E-state index contributed by atoms with van der Waals surface area (Å²) in [5.41, 5.74) is 1.96. The number of hydrogen-bond acceptors (Lipinski definition) is 6. The van der Waals surface area contributed by atoms with Crippen molar-refractivity contribution in [1.82, 2.24) is 14.8 Å². The van der Waals surface area contributed by atoms with Gasteiger partial charge in [-0.1, -0.05) is 17.8 Å². The summed E-state index contributed by atoms with van der Waals surface area (Å²) in [4.78, 5) is 15.6. The van der Waals surface area contributed by atoms with Gasteiger partial charge in [0.1, 0.15) is 0 Å². The summed E-state index contributed by atoms with van der Waals surface area (Å²) in [6.07, 6.45) is 0. The Bertz CT molecular complexity index is 870. The summed E-state index contributed by atoms with van der Waals surface area (Å²) >= 11 is 3.00. The minimum atomic E-state index is -0.0590. The molecule has 3 rings (SSSR count). The van der Waals surface area contributed by atoms with E-state index in [2.05, 4.69) is 34.3 Å². The van der Waals surface area contributed by atoms with Crippen LogP contribution in [0.5, 0.6) is 0 Å². The SMILES string of the molecule is CCN(CC)c1ccc(NC(=O)CSc2nnc(-c3cccs3)n2C)cc1. The van der Waals surface area contributed by atoms with Gasteiger partial charge in [-0.25, -0.2) is 0 Å². The van der Waals surface area contributed by atoms with Crippen molar-refractivity contribution < 1.29 is 4.79 Å². The molecule has 142 valence electrons. The van der Waals surface area contributed by atoms with Gasteiger partial charge in [0.25, 0.3) is 0 Å². The monoisotopic (exact) mass is 401 g/mol. The standard InChI is InChI=1S/C19H23N5OS2/c1-4-24(5-2)15-10-8-14(9-11-15)20-17(25)13-27-19-22-21-18(23(19)3)16-7-6-12-26-16/h6-12H,4-5,13H2,1-3H3,(H,20,25). The molecule has 0 atom stereocenters. The topological polar surface area (TPSA) is 63.1 Å². The Hall–Kier alpha value is -2.32. The van der Waals surface area contributed by atoms with Crippen molar-refractivity contribution in [3.05, 3.63) is 41.8 Å². The zero-order valence-electron chi connectivity index (χ0n) is 15.7. The van der Waals surface area contributed by atoms with Gasteiger partial charge in [0, 0.05) is 31.5 Å². The van der Waals surface area contributed by atoms with Gasteiger partial charge >= 0.3 is 0 Å². The molecule has 0 aliphatic rings. The number of hydrogen-bond donors (Lipinski definition) is 1. The molecule has 0 fully saturated rings. The fraction of sp³-hybridized carbons (Fsp3) is 0.316. The molecular weight excluding hydrogens is 378 g/mol. The fourth-order valence-corrected chi connectivity index (χ4v) is 4.19. The molecule has 27 heavy (non-hydrogen) atoms. The van der Waals surface area contributed by atoms with E-state index in [0.29, 0.717) is 0 Å². The number of rotatable bonds is 8. The summed E-state index contributed by atoms with van der Waals surface area (Å²) in [7, 11) is 1.92. The second-order valence-electron chi connectivity index (χ2n) is 5.90. The fourth-order valence-electron chi connectivity index (χ4n) is 2.73. The largest absolute Gasteiger partial charge is 0.372 e. The number of nitrogens with one attached hydrogen (secondary N) is 1. The second kappa shape index (κ2) is 9.05. The van der Waals surface area contributed by atoms with Gasteiger partial charge in [-0.05, 0) is 49.6 Å². The van der Waals surface area contributed by atoms with Gasteiger partial charge in [-0.3, -0.25) is 4.79 Å². The summed E-state index contributed by atoms with van der Waals surface area (Å²) in [5.74, 6) is 1.05. The third-order valence-electron chi connectivity index (χ3n) is 4.19. The van der Waals surface area contributed by atoms with E-state index in [0.717, 1.165) is 40.3 Å². The number of nitrogens with zero attached hydrogens (tertiary/aromatic N) is 4. The number of carbonyl (C=O) groups excluding carboxylic acids is 1. The Balaban J connectivity index is 1.56. The lowest BCUT2D eigenvalue weighted by atomic mass is 10.2. The molecule has 3 aromatic rings. The van der Waals surface area contributed by atoms with Crippen molar-refractivity contribution in [3.8, 4) is 10.7 Å². The molecular formula is C19H23N5OS2. The minimum absolute atomic E-state index is 0.0590. The molecule has 0 saturated carbocycles. The average molecular weight is 402 g/mol. The Kier molecular flexibility index (Phi) is 6.52. The molecule has 1 N–H and O–H groups in total. The third-order valence-corrected chi connectivity index (χ3v) is 6.07. The maximum absolute atomic E-state index is 12.3. The van der Waals surface area contributed by atoms with Crippen LogP contribution in [0.2, 0.25) is 0 Å². The number of thiophene rings is 1. The number of thioether (sulfide) groups is 1. The quantitative estimate of drug-likeness (QED) is 0.575. The van der Waals surface area contributed by atoms with Gasteiger partial charge in [-0.2, -0.15) is 0 Å². The minimum Gasteiger partial charge on any atom is -0.372 e. The zero-order valence-corrected chi connectivity index (χ0v) is 17.3. The molecule has 0 bridgehead atoms. The molecule has 1 amide bonds. The summed E-state index contributed by atoms with van der Waals surface area (Å²) in [6.45, 7) is 6.19. The summed E-state index contributed by atoms with van der Waals surface area (Å²) < 4.78 is 1.92. The van der Waals surface area contributed by atoms with Crippen molar-refractivity contribution >= 4 is 40.4 Å². The maximum atomic E-state index is 12.3. The highest BCUT2D eigenvalue weighted by atomic mass is 32.2. The van der Waals surface area contributed by atoms with Gasteiger partial charge < -0.3 is 14.8 Å². The Morgan fingerprint density at radius 2 is 1.93 bits per heavy atom. The molecule has 2 aromatic heterocycles. The predicted octanol–water partition coefficient (Wildman–Crippen LogP) is 4.12. The van der Waals surface area contributed by atoms with E-state index in [4.69, 9.17) is 0 Å². The normalized spacial score (nSPS) is 10.8. The summed E-state index contributed by atoms with van der Waals surface area (Å²) in [5, 5.41) is 14.1. The Morgan fingerprint density at radius 1 is 1.19 bits per heavy atom. The highest BCUT2D eigenvalue weighted by Crippen LogP contribution is 2.26. The first-order valence-electron chi connectivity index (χ1n) is 8.83. The van der Waals surface area contributed by atoms with Gasteiger partial charge in [0.05, 0.1) is 10.6 Å². The van der Waals surface area contributed by atoms with E-state index in [1.807, 2.05) is 53.4 Å². The van der Waals surface area contributed by atoms with Crippen LogP contribution < -0.4 is 10.2 Å². The molecule has 1 aromatic carbocycles. The van der Waals surface area contributed by atoms with Crippen molar-refractivity contribution in [2.45, 2.75) is 19.0 Å². The maximum Gasteiger partial charge on any atom is 0.234 e. The lowest BCUT2D eigenvalue weighted by molar-refractivity contribution is -0.113. The molecule has 0 aliphatic heterocycles.